The van der Waals surface area contributed by atoms with E-state index in [1.807, 2.05) is 32.0 Å². The topological polar surface area (TPSA) is 84.4 Å². The largest absolute Gasteiger partial charge is 0.496 e. The average molecular weight is 473 g/mol. The van der Waals surface area contributed by atoms with E-state index in [9.17, 15) is 9.59 Å². The Kier molecular flexibility index (Phi) is 8.19. The summed E-state index contributed by atoms with van der Waals surface area (Å²) in [6, 6.07) is 14.4. The number of hydrogen-bond donors (Lipinski definition) is 1. The molecule has 0 spiro atoms. The van der Waals surface area contributed by atoms with Gasteiger partial charge in [-0.1, -0.05) is 54.1 Å². The summed E-state index contributed by atoms with van der Waals surface area (Å²) in [6.45, 7) is 4.25. The van der Waals surface area contributed by atoms with Gasteiger partial charge in [-0.3, -0.25) is 9.59 Å². The second-order valence-electron chi connectivity index (χ2n) is 7.18. The highest BCUT2D eigenvalue weighted by molar-refractivity contribution is 7.18. The van der Waals surface area contributed by atoms with Gasteiger partial charge in [0, 0.05) is 29.6 Å². The van der Waals surface area contributed by atoms with Crippen molar-refractivity contribution in [3.8, 4) is 16.3 Å². The van der Waals surface area contributed by atoms with Gasteiger partial charge in [-0.15, -0.1) is 10.2 Å². The maximum atomic E-state index is 13.2. The monoisotopic (exact) mass is 472 g/mol. The molecule has 0 aliphatic rings. The number of para-hydroxylation sites is 1. The van der Waals surface area contributed by atoms with Gasteiger partial charge in [-0.25, -0.2) is 0 Å². The molecule has 0 aliphatic carbocycles. The van der Waals surface area contributed by atoms with E-state index < -0.39 is 0 Å². The Morgan fingerprint density at radius 2 is 1.97 bits per heavy atom. The van der Waals surface area contributed by atoms with Crippen LogP contribution in [0.25, 0.3) is 10.6 Å². The summed E-state index contributed by atoms with van der Waals surface area (Å²) in [6.07, 6.45) is 0.902. The van der Waals surface area contributed by atoms with Gasteiger partial charge in [-0.2, -0.15) is 0 Å². The number of rotatable bonds is 9. The van der Waals surface area contributed by atoms with Crippen LogP contribution in [0.3, 0.4) is 0 Å². The van der Waals surface area contributed by atoms with Gasteiger partial charge in [0.2, 0.25) is 11.0 Å². The molecule has 0 unspecified atom stereocenters. The molecule has 0 bridgehead atoms. The van der Waals surface area contributed by atoms with Crippen molar-refractivity contribution in [2.24, 2.45) is 0 Å². The van der Waals surface area contributed by atoms with Gasteiger partial charge in [0.05, 0.1) is 12.7 Å². The van der Waals surface area contributed by atoms with E-state index in [0.29, 0.717) is 26.5 Å². The minimum Gasteiger partial charge on any atom is -0.496 e. The summed E-state index contributed by atoms with van der Waals surface area (Å²) in [4.78, 5) is 27.4. The quantitative estimate of drug-likeness (QED) is 0.466. The van der Waals surface area contributed by atoms with E-state index in [4.69, 9.17) is 16.3 Å². The number of nitrogens with zero attached hydrogens (tertiary/aromatic N) is 3. The third-order valence-corrected chi connectivity index (χ3v) is 6.17. The molecule has 1 N–H and O–H groups in total. The number of amides is 2. The van der Waals surface area contributed by atoms with Gasteiger partial charge in [0.15, 0.2) is 0 Å². The Bertz CT molecular complexity index is 1090. The molecule has 7 nitrogen and oxygen atoms in total. The number of ether oxygens (including phenoxy) is 1. The Morgan fingerprint density at radius 1 is 1.19 bits per heavy atom. The van der Waals surface area contributed by atoms with E-state index in [2.05, 4.69) is 15.5 Å². The number of nitrogens with one attached hydrogen (secondary N) is 1. The molecule has 2 amide bonds. The molecule has 168 valence electrons. The molecule has 32 heavy (non-hydrogen) atoms. The standard InChI is InChI=1S/C23H25ClN4O3S/c1-4-15(2)28(22(30)18-10-5-6-11-19(18)31-3)13-12-20(29)25-23-27-26-21(32-23)16-8-7-9-17(24)14-16/h5-11,14-15H,4,12-13H2,1-3H3,(H,25,27,29)/t15-/m1/s1. The lowest BCUT2D eigenvalue weighted by Gasteiger charge is -2.29. The van der Waals surface area contributed by atoms with Crippen molar-refractivity contribution < 1.29 is 14.3 Å². The summed E-state index contributed by atoms with van der Waals surface area (Å²) in [7, 11) is 1.53. The Labute approximate surface area is 196 Å². The first kappa shape index (κ1) is 23.7. The first-order chi connectivity index (χ1) is 15.4. The Balaban J connectivity index is 1.65. The highest BCUT2D eigenvalue weighted by Crippen LogP contribution is 2.28. The van der Waals surface area contributed by atoms with Crippen LogP contribution in [0.15, 0.2) is 48.5 Å². The summed E-state index contributed by atoms with van der Waals surface area (Å²) >= 11 is 7.30. The summed E-state index contributed by atoms with van der Waals surface area (Å²) in [5, 5.41) is 12.6. The third-order valence-electron chi connectivity index (χ3n) is 5.04. The first-order valence-electron chi connectivity index (χ1n) is 10.3. The van der Waals surface area contributed by atoms with E-state index in [-0.39, 0.29) is 30.8 Å². The van der Waals surface area contributed by atoms with Crippen LogP contribution in [0.5, 0.6) is 5.75 Å². The molecule has 0 saturated heterocycles. The smallest absolute Gasteiger partial charge is 0.257 e. The van der Waals surface area contributed by atoms with Crippen LogP contribution < -0.4 is 10.1 Å². The van der Waals surface area contributed by atoms with Crippen molar-refractivity contribution in [1.82, 2.24) is 15.1 Å². The minimum absolute atomic E-state index is 0.0313. The lowest BCUT2D eigenvalue weighted by Crippen LogP contribution is -2.40. The highest BCUT2D eigenvalue weighted by atomic mass is 35.5. The van der Waals surface area contributed by atoms with E-state index in [1.165, 1.54) is 18.4 Å². The second kappa shape index (κ2) is 11.1. The highest BCUT2D eigenvalue weighted by Gasteiger charge is 2.24. The van der Waals surface area contributed by atoms with Crippen LogP contribution in [0.2, 0.25) is 5.02 Å². The van der Waals surface area contributed by atoms with Crippen molar-refractivity contribution in [3.05, 3.63) is 59.1 Å². The second-order valence-corrected chi connectivity index (χ2v) is 8.59. The fraction of sp³-hybridized carbons (Fsp3) is 0.304. The van der Waals surface area contributed by atoms with E-state index >= 15 is 0 Å². The van der Waals surface area contributed by atoms with Crippen LogP contribution in [0.1, 0.15) is 37.0 Å². The van der Waals surface area contributed by atoms with Crippen LogP contribution in [-0.2, 0) is 4.79 Å². The molecule has 1 heterocycles. The van der Waals surface area contributed by atoms with E-state index in [0.717, 1.165) is 12.0 Å². The predicted molar refractivity (Wildman–Crippen MR) is 127 cm³/mol. The lowest BCUT2D eigenvalue weighted by atomic mass is 10.1. The van der Waals surface area contributed by atoms with Gasteiger partial charge >= 0.3 is 0 Å². The molecule has 0 aliphatic heterocycles. The third kappa shape index (κ3) is 5.83. The fourth-order valence-corrected chi connectivity index (χ4v) is 4.08. The van der Waals surface area contributed by atoms with Crippen molar-refractivity contribution in [2.75, 3.05) is 19.0 Å². The molecule has 9 heteroatoms. The molecule has 0 fully saturated rings. The van der Waals surface area contributed by atoms with Crippen LogP contribution in [-0.4, -0.2) is 46.6 Å². The van der Waals surface area contributed by atoms with Crippen LogP contribution >= 0.6 is 22.9 Å². The minimum atomic E-state index is -0.236. The number of aromatic nitrogens is 2. The molecule has 3 rings (SSSR count). The van der Waals surface area contributed by atoms with Crippen molar-refractivity contribution >= 4 is 39.9 Å². The average Bonchev–Trinajstić information content (AvgIpc) is 3.27. The van der Waals surface area contributed by atoms with Gasteiger partial charge in [0.25, 0.3) is 5.91 Å². The van der Waals surface area contributed by atoms with Gasteiger partial charge in [-0.05, 0) is 37.6 Å². The zero-order valence-corrected chi connectivity index (χ0v) is 19.7. The molecule has 1 aromatic heterocycles. The summed E-state index contributed by atoms with van der Waals surface area (Å²) in [5.74, 6) is 0.112. The molecule has 3 aromatic rings. The number of benzene rings is 2. The van der Waals surface area contributed by atoms with Crippen LogP contribution in [0.4, 0.5) is 5.13 Å². The van der Waals surface area contributed by atoms with Crippen molar-refractivity contribution in [2.45, 2.75) is 32.7 Å². The molecular formula is C23H25ClN4O3S. The Morgan fingerprint density at radius 3 is 2.69 bits per heavy atom. The van der Waals surface area contributed by atoms with Gasteiger partial charge < -0.3 is 15.0 Å². The number of carbonyl (C=O) groups is 2. The van der Waals surface area contributed by atoms with Crippen molar-refractivity contribution in [1.29, 1.82) is 0 Å². The zero-order chi connectivity index (χ0) is 23.1. The lowest BCUT2D eigenvalue weighted by molar-refractivity contribution is -0.116. The molecule has 2 aromatic carbocycles. The summed E-state index contributed by atoms with van der Waals surface area (Å²) < 4.78 is 5.33. The van der Waals surface area contributed by atoms with E-state index in [1.54, 1.807) is 35.2 Å². The number of hydrogen-bond acceptors (Lipinski definition) is 6. The molecule has 1 atom stereocenters. The maximum Gasteiger partial charge on any atom is 0.257 e. The van der Waals surface area contributed by atoms with Crippen LogP contribution in [0, 0.1) is 0 Å². The first-order valence-corrected chi connectivity index (χ1v) is 11.5. The number of halogens is 1. The zero-order valence-electron chi connectivity index (χ0n) is 18.2. The molecular weight excluding hydrogens is 448 g/mol. The predicted octanol–water partition coefficient (Wildman–Crippen LogP) is 5.14. The number of carbonyl (C=O) groups excluding carboxylic acids is 2. The SMILES string of the molecule is CC[C@@H](C)N(CCC(=O)Nc1nnc(-c2cccc(Cl)c2)s1)C(=O)c1ccccc1OC. The maximum absolute atomic E-state index is 13.2. The summed E-state index contributed by atoms with van der Waals surface area (Å²) in [5.41, 5.74) is 1.31. The molecule has 0 saturated carbocycles. The number of methoxy groups -OCH3 is 1. The number of anilines is 1. The van der Waals surface area contributed by atoms with Crippen molar-refractivity contribution in [3.63, 3.8) is 0 Å². The van der Waals surface area contributed by atoms with Gasteiger partial charge in [0.1, 0.15) is 10.8 Å². The fourth-order valence-electron chi connectivity index (χ4n) is 3.13. The molecule has 0 radical (unpaired) electrons. The Hall–Kier alpha value is -2.97. The normalized spacial score (nSPS) is 11.6.